The average molecular weight is 448 g/mol. The maximum atomic E-state index is 12.7. The van der Waals surface area contributed by atoms with E-state index in [1.165, 1.54) is 6.92 Å². The summed E-state index contributed by atoms with van der Waals surface area (Å²) in [4.78, 5) is 46.0. The van der Waals surface area contributed by atoms with Crippen LogP contribution in [0.4, 0.5) is 5.69 Å². The molecule has 156 valence electrons. The third-order valence-corrected chi connectivity index (χ3v) is 4.84. The number of aliphatic imine (C=N–C) groups is 1. The Balaban J connectivity index is 1.96. The van der Waals surface area contributed by atoms with E-state index in [1.807, 2.05) is 6.07 Å². The number of anilines is 1. The van der Waals surface area contributed by atoms with E-state index in [2.05, 4.69) is 10.3 Å². The van der Waals surface area contributed by atoms with Gasteiger partial charge in [0, 0.05) is 34.1 Å². The van der Waals surface area contributed by atoms with Gasteiger partial charge in [-0.15, -0.1) is 5.06 Å². The fourth-order valence-electron chi connectivity index (χ4n) is 3.08. The zero-order valence-corrected chi connectivity index (χ0v) is 17.8. The molecule has 1 heterocycles. The largest absolute Gasteiger partial charge is 0.353 e. The number of halogens is 2. The van der Waals surface area contributed by atoms with Crippen molar-refractivity contribution >= 4 is 52.4 Å². The molecule has 0 spiro atoms. The first-order chi connectivity index (χ1) is 14.3. The molecular formula is C21H19Cl2N3O4. The maximum absolute atomic E-state index is 12.7. The number of hydrogen-bond acceptors (Lipinski definition) is 5. The Morgan fingerprint density at radius 2 is 1.93 bits per heavy atom. The van der Waals surface area contributed by atoms with Crippen molar-refractivity contribution < 1.29 is 19.2 Å². The standard InChI is InChI=1S/C21H19Cl2N3O4/c1-12(25-13(2)27)9-20(29)30-26-18-8-7-14(22)10-16(18)21(24-11-19(26)28)15-5-3-4-6-17(15)23/h3-8,10,12H,9,11H2,1-2H3,(H,25,27). The molecule has 1 unspecified atom stereocenters. The SMILES string of the molecule is CC(=O)NC(C)CC(=O)ON1C(=O)CN=C(c2ccccc2Cl)c2cc(Cl)ccc21. The fraction of sp³-hybridized carbons (Fsp3) is 0.238. The van der Waals surface area contributed by atoms with E-state index >= 15 is 0 Å². The van der Waals surface area contributed by atoms with Crippen molar-refractivity contribution in [2.45, 2.75) is 26.3 Å². The number of benzodiazepines with no additional fused rings is 1. The minimum absolute atomic E-state index is 0.107. The number of nitrogens with zero attached hydrogens (tertiary/aromatic N) is 2. The third kappa shape index (κ3) is 4.98. The van der Waals surface area contributed by atoms with Crippen molar-refractivity contribution in [3.63, 3.8) is 0 Å². The first-order valence-electron chi connectivity index (χ1n) is 9.16. The highest BCUT2D eigenvalue weighted by Crippen LogP contribution is 2.31. The summed E-state index contributed by atoms with van der Waals surface area (Å²) < 4.78 is 0. The molecule has 1 atom stereocenters. The lowest BCUT2D eigenvalue weighted by molar-refractivity contribution is -0.150. The molecule has 30 heavy (non-hydrogen) atoms. The summed E-state index contributed by atoms with van der Waals surface area (Å²) in [5.74, 6) is -1.47. The molecule has 2 amide bonds. The summed E-state index contributed by atoms with van der Waals surface area (Å²) in [7, 11) is 0. The van der Waals surface area contributed by atoms with Gasteiger partial charge in [0.2, 0.25) is 5.91 Å². The van der Waals surface area contributed by atoms with E-state index in [0.29, 0.717) is 32.6 Å². The number of nitrogens with one attached hydrogen (secondary N) is 1. The van der Waals surface area contributed by atoms with E-state index in [1.54, 1.807) is 43.3 Å². The Labute approximate surface area is 183 Å². The normalized spacial score (nSPS) is 14.3. The number of amides is 2. The number of carbonyl (C=O) groups is 3. The molecule has 0 saturated carbocycles. The van der Waals surface area contributed by atoms with Crippen LogP contribution in [0.5, 0.6) is 0 Å². The summed E-state index contributed by atoms with van der Waals surface area (Å²) in [6, 6.07) is 11.5. The van der Waals surface area contributed by atoms with Gasteiger partial charge in [-0.05, 0) is 31.2 Å². The van der Waals surface area contributed by atoms with Gasteiger partial charge in [-0.25, -0.2) is 4.79 Å². The molecule has 7 nitrogen and oxygen atoms in total. The van der Waals surface area contributed by atoms with Crippen molar-refractivity contribution in [2.24, 2.45) is 4.99 Å². The monoisotopic (exact) mass is 447 g/mol. The first kappa shape index (κ1) is 21.8. The number of hydrogen-bond donors (Lipinski definition) is 1. The molecule has 0 aromatic heterocycles. The van der Waals surface area contributed by atoms with E-state index in [-0.39, 0.29) is 18.9 Å². The zero-order valence-electron chi connectivity index (χ0n) is 16.3. The molecule has 1 aliphatic rings. The molecule has 3 rings (SSSR count). The second-order valence-corrected chi connectivity index (χ2v) is 7.61. The summed E-state index contributed by atoms with van der Waals surface area (Å²) >= 11 is 12.5. The van der Waals surface area contributed by atoms with Crippen molar-refractivity contribution in [1.29, 1.82) is 0 Å². The lowest BCUT2D eigenvalue weighted by Gasteiger charge is -2.22. The topological polar surface area (TPSA) is 88.1 Å². The van der Waals surface area contributed by atoms with Crippen LogP contribution in [0.1, 0.15) is 31.4 Å². The summed E-state index contributed by atoms with van der Waals surface area (Å²) in [6.07, 6.45) is -0.107. The van der Waals surface area contributed by atoms with E-state index in [9.17, 15) is 14.4 Å². The predicted octanol–water partition coefficient (Wildman–Crippen LogP) is 3.55. The van der Waals surface area contributed by atoms with Crippen LogP contribution in [0, 0.1) is 0 Å². The molecule has 2 aromatic carbocycles. The van der Waals surface area contributed by atoms with Gasteiger partial charge in [0.05, 0.1) is 17.8 Å². The maximum Gasteiger partial charge on any atom is 0.335 e. The van der Waals surface area contributed by atoms with Crippen molar-refractivity contribution in [3.05, 3.63) is 63.6 Å². The summed E-state index contributed by atoms with van der Waals surface area (Å²) in [6.45, 7) is 2.77. The molecule has 1 aliphatic heterocycles. The molecule has 0 saturated heterocycles. The number of fused-ring (bicyclic) bond motifs is 1. The van der Waals surface area contributed by atoms with Crippen LogP contribution < -0.4 is 10.4 Å². The van der Waals surface area contributed by atoms with E-state index in [4.69, 9.17) is 28.0 Å². The minimum Gasteiger partial charge on any atom is -0.353 e. The molecule has 2 aromatic rings. The van der Waals surface area contributed by atoms with Crippen LogP contribution >= 0.6 is 23.2 Å². The van der Waals surface area contributed by atoms with Crippen molar-refractivity contribution in [1.82, 2.24) is 5.32 Å². The highest BCUT2D eigenvalue weighted by Gasteiger charge is 2.29. The van der Waals surface area contributed by atoms with Gasteiger partial charge in [-0.2, -0.15) is 0 Å². The lowest BCUT2D eigenvalue weighted by Crippen LogP contribution is -2.38. The molecular weight excluding hydrogens is 429 g/mol. The van der Waals surface area contributed by atoms with Crippen LogP contribution in [-0.4, -0.2) is 36.1 Å². The number of rotatable bonds is 5. The lowest BCUT2D eigenvalue weighted by atomic mass is 10.0. The molecule has 0 bridgehead atoms. The van der Waals surface area contributed by atoms with Gasteiger partial charge < -0.3 is 10.2 Å². The first-order valence-corrected chi connectivity index (χ1v) is 9.92. The molecule has 1 N–H and O–H groups in total. The van der Waals surface area contributed by atoms with Crippen LogP contribution in [-0.2, 0) is 19.2 Å². The van der Waals surface area contributed by atoms with Crippen LogP contribution in [0.3, 0.4) is 0 Å². The number of hydroxylamine groups is 1. The van der Waals surface area contributed by atoms with Crippen LogP contribution in [0.2, 0.25) is 10.0 Å². The second kappa shape index (κ2) is 9.28. The van der Waals surface area contributed by atoms with Gasteiger partial charge in [0.15, 0.2) is 0 Å². The predicted molar refractivity (Wildman–Crippen MR) is 115 cm³/mol. The second-order valence-electron chi connectivity index (χ2n) is 6.76. The summed E-state index contributed by atoms with van der Waals surface area (Å²) in [5.41, 5.74) is 1.92. The third-order valence-electron chi connectivity index (χ3n) is 4.28. The Morgan fingerprint density at radius 1 is 1.20 bits per heavy atom. The smallest absolute Gasteiger partial charge is 0.335 e. The van der Waals surface area contributed by atoms with Crippen LogP contribution in [0.15, 0.2) is 47.5 Å². The Kier molecular flexibility index (Phi) is 6.74. The van der Waals surface area contributed by atoms with Gasteiger partial charge in [-0.1, -0.05) is 41.4 Å². The summed E-state index contributed by atoms with van der Waals surface area (Å²) in [5, 5.41) is 4.40. The van der Waals surface area contributed by atoms with Gasteiger partial charge >= 0.3 is 5.97 Å². The molecule has 0 radical (unpaired) electrons. The Morgan fingerprint density at radius 3 is 2.63 bits per heavy atom. The Bertz CT molecular complexity index is 1040. The van der Waals surface area contributed by atoms with Gasteiger partial charge in [0.25, 0.3) is 5.91 Å². The number of carbonyl (C=O) groups excluding carboxylic acids is 3. The van der Waals surface area contributed by atoms with Gasteiger partial charge in [-0.3, -0.25) is 14.6 Å². The van der Waals surface area contributed by atoms with Crippen molar-refractivity contribution in [2.75, 3.05) is 11.6 Å². The molecule has 0 aliphatic carbocycles. The molecule has 9 heteroatoms. The zero-order chi connectivity index (χ0) is 21.8. The highest BCUT2D eigenvalue weighted by molar-refractivity contribution is 6.36. The number of benzene rings is 2. The van der Waals surface area contributed by atoms with E-state index in [0.717, 1.165) is 5.06 Å². The van der Waals surface area contributed by atoms with Crippen molar-refractivity contribution in [3.8, 4) is 0 Å². The quantitative estimate of drug-likeness (QED) is 0.758. The molecule has 0 fully saturated rings. The van der Waals surface area contributed by atoms with Crippen LogP contribution in [0.25, 0.3) is 0 Å². The van der Waals surface area contributed by atoms with E-state index < -0.39 is 17.9 Å². The minimum atomic E-state index is -0.674. The average Bonchev–Trinajstić information content (AvgIpc) is 2.79. The Hall–Kier alpha value is -2.90. The highest BCUT2D eigenvalue weighted by atomic mass is 35.5. The van der Waals surface area contributed by atoms with Gasteiger partial charge in [0.1, 0.15) is 6.54 Å². The fourth-order valence-corrected chi connectivity index (χ4v) is 3.47.